The number of nitrogens with one attached hydrogen (secondary N) is 1. The zero-order valence-corrected chi connectivity index (χ0v) is 10.8. The Kier molecular flexibility index (Phi) is 6.05. The molecule has 0 aliphatic carbocycles. The Morgan fingerprint density at radius 2 is 2.00 bits per heavy atom. The fourth-order valence-corrected chi connectivity index (χ4v) is 2.11. The largest absolute Gasteiger partial charge is 0.351 e. The van der Waals surface area contributed by atoms with Crippen LogP contribution in [0.1, 0.15) is 34.1 Å². The second-order valence-corrected chi connectivity index (χ2v) is 6.57. The van der Waals surface area contributed by atoms with Gasteiger partial charge in [-0.2, -0.15) is 0 Å². The molecule has 1 amide bonds. The van der Waals surface area contributed by atoms with Gasteiger partial charge in [0.05, 0.1) is 0 Å². The smallest absolute Gasteiger partial charge is 0.233 e. The molecule has 2 atom stereocenters. The number of hydrogen-bond acceptors (Lipinski definition) is 3. The molecule has 0 spiro atoms. The topological polar surface area (TPSA) is 72.2 Å². The average molecular weight is 234 g/mol. The van der Waals surface area contributed by atoms with Crippen molar-refractivity contribution >= 4 is 16.7 Å². The van der Waals surface area contributed by atoms with Gasteiger partial charge in [0.2, 0.25) is 5.91 Å². The Balaban J connectivity index is 4.02. The van der Waals surface area contributed by atoms with Crippen molar-refractivity contribution in [3.05, 3.63) is 0 Å². The molecule has 0 aliphatic heterocycles. The number of rotatable bonds is 5. The first-order chi connectivity index (χ1) is 6.76. The van der Waals surface area contributed by atoms with Crippen LogP contribution in [0.5, 0.6) is 0 Å². The molecule has 0 heterocycles. The molecule has 3 N–H and O–H groups in total. The van der Waals surface area contributed by atoms with E-state index in [1.807, 2.05) is 27.7 Å². The maximum absolute atomic E-state index is 11.6. The second-order valence-electron chi connectivity index (χ2n) is 4.71. The molecule has 0 fully saturated rings. The van der Waals surface area contributed by atoms with Crippen LogP contribution in [0, 0.1) is 0 Å². The van der Waals surface area contributed by atoms with Crippen molar-refractivity contribution in [2.45, 2.75) is 44.9 Å². The summed E-state index contributed by atoms with van der Waals surface area (Å²) in [5.74, 6) is -0.0944. The third-order valence-electron chi connectivity index (χ3n) is 1.81. The Morgan fingerprint density at radius 1 is 1.47 bits per heavy atom. The Labute approximate surface area is 94.4 Å². The van der Waals surface area contributed by atoms with Crippen LogP contribution in [0.15, 0.2) is 0 Å². The van der Waals surface area contributed by atoms with E-state index in [1.54, 1.807) is 0 Å². The van der Waals surface area contributed by atoms with Crippen molar-refractivity contribution < 1.29 is 9.00 Å². The van der Waals surface area contributed by atoms with Crippen LogP contribution >= 0.6 is 0 Å². The van der Waals surface area contributed by atoms with Gasteiger partial charge >= 0.3 is 0 Å². The highest BCUT2D eigenvalue weighted by molar-refractivity contribution is 7.86. The maximum Gasteiger partial charge on any atom is 0.233 e. The highest BCUT2D eigenvalue weighted by Crippen LogP contribution is 2.02. The molecule has 0 bridgehead atoms. The SMILES string of the molecule is CC(CCN)S(=O)CC(=O)NC(C)(C)C. The molecule has 0 saturated carbocycles. The maximum atomic E-state index is 11.6. The fraction of sp³-hybridized carbons (Fsp3) is 0.900. The summed E-state index contributed by atoms with van der Waals surface area (Å²) < 4.78 is 11.6. The number of nitrogens with two attached hydrogens (primary N) is 1. The third-order valence-corrected chi connectivity index (χ3v) is 3.49. The molecular weight excluding hydrogens is 212 g/mol. The summed E-state index contributed by atoms with van der Waals surface area (Å²) in [4.78, 5) is 11.4. The van der Waals surface area contributed by atoms with Gasteiger partial charge in [0.25, 0.3) is 0 Å². The van der Waals surface area contributed by atoms with Crippen molar-refractivity contribution in [3.8, 4) is 0 Å². The van der Waals surface area contributed by atoms with E-state index in [2.05, 4.69) is 5.32 Å². The summed E-state index contributed by atoms with van der Waals surface area (Å²) in [5, 5.41) is 2.77. The standard InChI is InChI=1S/C10H22N2O2S/c1-8(5-6-11)15(14)7-9(13)12-10(2,3)4/h8H,5-7,11H2,1-4H3,(H,12,13). The summed E-state index contributed by atoms with van der Waals surface area (Å²) in [6, 6.07) is 0. The summed E-state index contributed by atoms with van der Waals surface area (Å²) >= 11 is 0. The van der Waals surface area contributed by atoms with E-state index in [9.17, 15) is 9.00 Å². The van der Waals surface area contributed by atoms with E-state index in [0.717, 1.165) is 0 Å². The van der Waals surface area contributed by atoms with Crippen LogP contribution in [0.4, 0.5) is 0 Å². The van der Waals surface area contributed by atoms with Gasteiger partial charge < -0.3 is 11.1 Å². The first-order valence-corrected chi connectivity index (χ1v) is 6.52. The lowest BCUT2D eigenvalue weighted by Crippen LogP contribution is -2.43. The lowest BCUT2D eigenvalue weighted by atomic mass is 10.1. The highest BCUT2D eigenvalue weighted by atomic mass is 32.2. The lowest BCUT2D eigenvalue weighted by Gasteiger charge is -2.20. The minimum atomic E-state index is -1.12. The van der Waals surface area contributed by atoms with Crippen molar-refractivity contribution in [1.29, 1.82) is 0 Å². The van der Waals surface area contributed by atoms with Crippen LogP contribution in [0.25, 0.3) is 0 Å². The van der Waals surface area contributed by atoms with E-state index in [-0.39, 0.29) is 22.4 Å². The van der Waals surface area contributed by atoms with Gasteiger partial charge in [-0.15, -0.1) is 0 Å². The van der Waals surface area contributed by atoms with E-state index in [1.165, 1.54) is 0 Å². The van der Waals surface area contributed by atoms with Crippen molar-refractivity contribution in [2.75, 3.05) is 12.3 Å². The first kappa shape index (κ1) is 14.6. The molecule has 90 valence electrons. The van der Waals surface area contributed by atoms with Gasteiger partial charge in [-0.05, 0) is 33.7 Å². The Morgan fingerprint density at radius 3 is 2.40 bits per heavy atom. The molecule has 0 radical (unpaired) electrons. The van der Waals surface area contributed by atoms with Gasteiger partial charge in [-0.25, -0.2) is 0 Å². The van der Waals surface area contributed by atoms with E-state index >= 15 is 0 Å². The Hall–Kier alpha value is -0.420. The number of carbonyl (C=O) groups excluding carboxylic acids is 1. The number of hydrogen-bond donors (Lipinski definition) is 2. The summed E-state index contributed by atoms with van der Waals surface area (Å²) in [5.41, 5.74) is 5.10. The number of carbonyl (C=O) groups is 1. The fourth-order valence-electron chi connectivity index (χ4n) is 1.09. The molecule has 0 aromatic rings. The number of amides is 1. The molecule has 0 aromatic heterocycles. The summed E-state index contributed by atoms with van der Waals surface area (Å²) in [7, 11) is -1.12. The van der Waals surface area contributed by atoms with Gasteiger partial charge in [-0.1, -0.05) is 6.92 Å². The molecule has 2 unspecified atom stereocenters. The zero-order chi connectivity index (χ0) is 12.1. The molecule has 4 nitrogen and oxygen atoms in total. The summed E-state index contributed by atoms with van der Waals surface area (Å²) in [6.45, 7) is 8.06. The quantitative estimate of drug-likeness (QED) is 0.722. The van der Waals surface area contributed by atoms with E-state index in [0.29, 0.717) is 13.0 Å². The zero-order valence-electron chi connectivity index (χ0n) is 10.0. The molecule has 0 rings (SSSR count). The average Bonchev–Trinajstić information content (AvgIpc) is 2.00. The van der Waals surface area contributed by atoms with Gasteiger partial charge in [0.15, 0.2) is 0 Å². The Bertz CT molecular complexity index is 236. The van der Waals surface area contributed by atoms with E-state index < -0.39 is 10.8 Å². The molecule has 0 aliphatic rings. The van der Waals surface area contributed by atoms with Crippen LogP contribution < -0.4 is 11.1 Å². The van der Waals surface area contributed by atoms with Crippen LogP contribution in [0.2, 0.25) is 0 Å². The van der Waals surface area contributed by atoms with Gasteiger partial charge in [-0.3, -0.25) is 9.00 Å². The molecule has 0 saturated heterocycles. The molecular formula is C10H22N2O2S. The van der Waals surface area contributed by atoms with Gasteiger partial charge in [0.1, 0.15) is 5.75 Å². The normalized spacial score (nSPS) is 15.8. The van der Waals surface area contributed by atoms with Crippen molar-refractivity contribution in [1.82, 2.24) is 5.32 Å². The monoisotopic (exact) mass is 234 g/mol. The lowest BCUT2D eigenvalue weighted by molar-refractivity contribution is -0.119. The minimum Gasteiger partial charge on any atom is -0.351 e. The van der Waals surface area contributed by atoms with Crippen molar-refractivity contribution in [2.24, 2.45) is 5.73 Å². The second kappa shape index (κ2) is 6.23. The van der Waals surface area contributed by atoms with Crippen LogP contribution in [-0.4, -0.2) is 33.2 Å². The van der Waals surface area contributed by atoms with Crippen LogP contribution in [0.3, 0.4) is 0 Å². The predicted molar refractivity (Wildman–Crippen MR) is 64.0 cm³/mol. The molecule has 5 heteroatoms. The first-order valence-electron chi connectivity index (χ1n) is 5.14. The van der Waals surface area contributed by atoms with Crippen LogP contribution in [-0.2, 0) is 15.6 Å². The third kappa shape index (κ3) is 7.50. The summed E-state index contributed by atoms with van der Waals surface area (Å²) in [6.07, 6.45) is 0.690. The predicted octanol–water partition coefficient (Wildman–Crippen LogP) is 0.387. The van der Waals surface area contributed by atoms with Gasteiger partial charge in [0, 0.05) is 21.6 Å². The van der Waals surface area contributed by atoms with Crippen molar-refractivity contribution in [3.63, 3.8) is 0 Å². The minimum absolute atomic E-state index is 0.0132. The van der Waals surface area contributed by atoms with E-state index in [4.69, 9.17) is 5.73 Å². The molecule has 0 aromatic carbocycles. The highest BCUT2D eigenvalue weighted by Gasteiger charge is 2.18. The molecule has 15 heavy (non-hydrogen) atoms.